The van der Waals surface area contributed by atoms with Crippen molar-refractivity contribution < 1.29 is 18.4 Å². The van der Waals surface area contributed by atoms with Crippen LogP contribution in [-0.2, 0) is 16.6 Å². The van der Waals surface area contributed by atoms with Crippen LogP contribution in [0.15, 0.2) is 48.5 Å². The summed E-state index contributed by atoms with van der Waals surface area (Å²) in [5.41, 5.74) is 2.26. The molecule has 4 rings (SSSR count). The van der Waals surface area contributed by atoms with Gasteiger partial charge >= 0.3 is 0 Å². The van der Waals surface area contributed by atoms with Crippen molar-refractivity contribution in [2.24, 2.45) is 7.05 Å². The molecule has 178 valence electrons. The van der Waals surface area contributed by atoms with Gasteiger partial charge in [0.2, 0.25) is 11.8 Å². The molecule has 1 aliphatic heterocycles. The number of benzene rings is 2. The fourth-order valence-electron chi connectivity index (χ4n) is 4.02. The minimum atomic E-state index is -0.693. The summed E-state index contributed by atoms with van der Waals surface area (Å²) in [5, 5.41) is 6.95. The maximum absolute atomic E-state index is 14.9. The summed E-state index contributed by atoms with van der Waals surface area (Å²) in [6.07, 6.45) is 0.760. The van der Waals surface area contributed by atoms with Gasteiger partial charge in [-0.2, -0.15) is 5.10 Å². The Labute approximate surface area is 201 Å². The monoisotopic (exact) mass is 484 g/mol. The molecule has 1 aromatic heterocycles. The number of hydrogen-bond acceptors (Lipinski definition) is 4. The predicted molar refractivity (Wildman–Crippen MR) is 130 cm³/mol. The third-order valence-corrected chi connectivity index (χ3v) is 7.10. The number of aryl methyl sites for hydroxylation is 1. The van der Waals surface area contributed by atoms with Crippen LogP contribution in [0.5, 0.6) is 0 Å². The van der Waals surface area contributed by atoms with E-state index >= 15 is 0 Å². The molecule has 0 fully saturated rings. The number of nitrogens with one attached hydrogen (secondary N) is 1. The number of nitrogens with zero attached hydrogens (tertiary/aromatic N) is 3. The molecular formula is C25H26F2N4O2S. The number of amides is 2. The van der Waals surface area contributed by atoms with Crippen LogP contribution < -0.4 is 10.2 Å². The highest BCUT2D eigenvalue weighted by atomic mass is 32.2. The molecule has 0 bridgehead atoms. The van der Waals surface area contributed by atoms with Crippen LogP contribution in [0.4, 0.5) is 14.6 Å². The van der Waals surface area contributed by atoms with Gasteiger partial charge in [-0.3, -0.25) is 19.2 Å². The largest absolute Gasteiger partial charge is 0.352 e. The lowest BCUT2D eigenvalue weighted by atomic mass is 9.99. The summed E-state index contributed by atoms with van der Waals surface area (Å²) >= 11 is 1.24. The molecule has 2 amide bonds. The van der Waals surface area contributed by atoms with Gasteiger partial charge in [-0.1, -0.05) is 43.3 Å². The molecule has 0 spiro atoms. The Kier molecular flexibility index (Phi) is 7.02. The molecule has 0 saturated heterocycles. The van der Waals surface area contributed by atoms with E-state index in [2.05, 4.69) is 10.4 Å². The van der Waals surface area contributed by atoms with Crippen LogP contribution in [-0.4, -0.2) is 39.9 Å². The Morgan fingerprint density at radius 1 is 1.24 bits per heavy atom. The number of rotatable bonds is 6. The van der Waals surface area contributed by atoms with Crippen molar-refractivity contribution in [2.75, 3.05) is 17.2 Å². The van der Waals surface area contributed by atoms with Crippen molar-refractivity contribution in [3.8, 4) is 11.3 Å². The predicted octanol–water partition coefficient (Wildman–Crippen LogP) is 4.45. The summed E-state index contributed by atoms with van der Waals surface area (Å²) in [6.45, 7) is 3.68. The van der Waals surface area contributed by atoms with Crippen molar-refractivity contribution in [1.29, 1.82) is 0 Å². The highest BCUT2D eigenvalue weighted by Gasteiger charge is 2.37. The number of fused-ring (bicyclic) bond motifs is 1. The van der Waals surface area contributed by atoms with E-state index in [9.17, 15) is 18.4 Å². The molecule has 34 heavy (non-hydrogen) atoms. The lowest BCUT2D eigenvalue weighted by Gasteiger charge is -2.23. The standard InChI is InChI=1S/C25H26F2N4O2S/c1-4-15(2)28-20(32)13-31-21(33)14-34-24(18-11-10-17(26)12-19(18)27)22-23(29-30(3)25(22)31)16-8-6-5-7-9-16/h5-12,15,24H,4,13-14H2,1-3H3,(H,28,32)/t15-,24+/m0/s1. The van der Waals surface area contributed by atoms with Crippen LogP contribution in [0.3, 0.4) is 0 Å². The van der Waals surface area contributed by atoms with Crippen molar-refractivity contribution in [3.63, 3.8) is 0 Å². The van der Waals surface area contributed by atoms with E-state index in [1.807, 2.05) is 44.2 Å². The van der Waals surface area contributed by atoms with E-state index in [1.165, 1.54) is 28.8 Å². The number of anilines is 1. The van der Waals surface area contributed by atoms with Gasteiger partial charge in [0.05, 0.1) is 16.7 Å². The normalized spacial score (nSPS) is 16.7. The van der Waals surface area contributed by atoms with Gasteiger partial charge in [-0.15, -0.1) is 11.8 Å². The minimum absolute atomic E-state index is 0.0288. The summed E-state index contributed by atoms with van der Waals surface area (Å²) in [7, 11) is 1.70. The molecule has 1 aliphatic rings. The third kappa shape index (κ3) is 4.70. The maximum Gasteiger partial charge on any atom is 0.240 e. The van der Waals surface area contributed by atoms with Gasteiger partial charge in [-0.05, 0) is 19.4 Å². The zero-order chi connectivity index (χ0) is 24.4. The zero-order valence-corrected chi connectivity index (χ0v) is 20.0. The molecule has 0 aliphatic carbocycles. The summed E-state index contributed by atoms with van der Waals surface area (Å²) in [5.74, 6) is -1.47. The molecule has 9 heteroatoms. The first-order chi connectivity index (χ1) is 16.3. The SMILES string of the molecule is CC[C@H](C)NC(=O)CN1C(=O)CS[C@H](c2ccc(F)cc2F)c2c(-c3ccccc3)nn(C)c21. The number of halogens is 2. The highest BCUT2D eigenvalue weighted by Crippen LogP contribution is 2.48. The topological polar surface area (TPSA) is 67.2 Å². The fourth-order valence-corrected chi connectivity index (χ4v) is 5.24. The number of carbonyl (C=O) groups excluding carboxylic acids is 2. The van der Waals surface area contributed by atoms with Gasteiger partial charge in [0.15, 0.2) is 0 Å². The average molecular weight is 485 g/mol. The second-order valence-electron chi connectivity index (χ2n) is 8.29. The van der Waals surface area contributed by atoms with Crippen molar-refractivity contribution in [2.45, 2.75) is 31.6 Å². The first kappa shape index (κ1) is 23.9. The molecule has 1 N–H and O–H groups in total. The molecule has 2 atom stereocenters. The average Bonchev–Trinajstić information content (AvgIpc) is 3.08. The maximum atomic E-state index is 14.9. The minimum Gasteiger partial charge on any atom is -0.352 e. The Balaban J connectivity index is 1.88. The van der Waals surface area contributed by atoms with Crippen LogP contribution >= 0.6 is 11.8 Å². The van der Waals surface area contributed by atoms with E-state index in [0.29, 0.717) is 17.1 Å². The Hall–Kier alpha value is -3.20. The van der Waals surface area contributed by atoms with Gasteiger partial charge in [-0.25, -0.2) is 8.78 Å². The molecule has 2 aromatic carbocycles. The van der Waals surface area contributed by atoms with Gasteiger partial charge in [0, 0.05) is 35.8 Å². The third-order valence-electron chi connectivity index (χ3n) is 5.86. The van der Waals surface area contributed by atoms with Gasteiger partial charge in [0.1, 0.15) is 24.0 Å². The van der Waals surface area contributed by atoms with Crippen LogP contribution in [0.25, 0.3) is 11.3 Å². The van der Waals surface area contributed by atoms with E-state index in [4.69, 9.17) is 0 Å². The fraction of sp³-hybridized carbons (Fsp3) is 0.320. The quantitative estimate of drug-likeness (QED) is 0.562. The summed E-state index contributed by atoms with van der Waals surface area (Å²) in [6, 6.07) is 12.8. The Morgan fingerprint density at radius 2 is 1.97 bits per heavy atom. The number of carbonyl (C=O) groups is 2. The Bertz CT molecular complexity index is 1220. The number of thioether (sulfide) groups is 1. The smallest absolute Gasteiger partial charge is 0.240 e. The molecule has 0 radical (unpaired) electrons. The second-order valence-corrected chi connectivity index (χ2v) is 9.38. The first-order valence-corrected chi connectivity index (χ1v) is 12.1. The molecule has 6 nitrogen and oxygen atoms in total. The van der Waals surface area contributed by atoms with Crippen molar-refractivity contribution in [1.82, 2.24) is 15.1 Å². The van der Waals surface area contributed by atoms with E-state index in [0.717, 1.165) is 18.1 Å². The molecule has 2 heterocycles. The lowest BCUT2D eigenvalue weighted by Crippen LogP contribution is -2.44. The molecule has 3 aromatic rings. The van der Waals surface area contributed by atoms with Crippen LogP contribution in [0.1, 0.15) is 36.6 Å². The van der Waals surface area contributed by atoms with Gasteiger partial charge in [0.25, 0.3) is 0 Å². The Morgan fingerprint density at radius 3 is 2.65 bits per heavy atom. The van der Waals surface area contributed by atoms with E-state index in [-0.39, 0.29) is 35.7 Å². The van der Waals surface area contributed by atoms with E-state index in [1.54, 1.807) is 11.7 Å². The number of hydrogen-bond donors (Lipinski definition) is 1. The first-order valence-electron chi connectivity index (χ1n) is 11.1. The van der Waals surface area contributed by atoms with Crippen LogP contribution in [0.2, 0.25) is 0 Å². The molecular weight excluding hydrogens is 458 g/mol. The second kappa shape index (κ2) is 9.97. The molecule has 0 saturated carbocycles. The van der Waals surface area contributed by atoms with Crippen molar-refractivity contribution in [3.05, 3.63) is 71.3 Å². The highest BCUT2D eigenvalue weighted by molar-refractivity contribution is 8.00. The summed E-state index contributed by atoms with van der Waals surface area (Å²) in [4.78, 5) is 27.4. The summed E-state index contributed by atoms with van der Waals surface area (Å²) < 4.78 is 30.2. The lowest BCUT2D eigenvalue weighted by molar-refractivity contribution is -0.123. The van der Waals surface area contributed by atoms with Crippen LogP contribution in [0, 0.1) is 11.6 Å². The molecule has 0 unspecified atom stereocenters. The van der Waals surface area contributed by atoms with Gasteiger partial charge < -0.3 is 5.32 Å². The van der Waals surface area contributed by atoms with E-state index < -0.39 is 16.9 Å². The number of aromatic nitrogens is 2. The zero-order valence-electron chi connectivity index (χ0n) is 19.2. The van der Waals surface area contributed by atoms with Crippen molar-refractivity contribution >= 4 is 29.4 Å².